The number of hydrogen-bond acceptors (Lipinski definition) is 2. The molecule has 0 bridgehead atoms. The Hall–Kier alpha value is -0.810. The van der Waals surface area contributed by atoms with Crippen LogP contribution in [0.15, 0.2) is 27.2 Å². The second kappa shape index (κ2) is 7.59. The second-order valence-electron chi connectivity index (χ2n) is 3.69. The highest BCUT2D eigenvalue weighted by Crippen LogP contribution is 2.35. The summed E-state index contributed by atoms with van der Waals surface area (Å²) in [7, 11) is 0. The van der Waals surface area contributed by atoms with E-state index >= 15 is 0 Å². The van der Waals surface area contributed by atoms with Crippen molar-refractivity contribution in [2.75, 3.05) is 6.61 Å². The zero-order valence-corrected chi connectivity index (χ0v) is 13.1. The summed E-state index contributed by atoms with van der Waals surface area (Å²) < 4.78 is 7.26. The highest BCUT2D eigenvalue weighted by atomic mass is 79.9. The molecule has 1 aromatic rings. The zero-order valence-electron chi connectivity index (χ0n) is 9.95. The van der Waals surface area contributed by atoms with E-state index in [1.807, 2.05) is 12.1 Å². The molecule has 18 heavy (non-hydrogen) atoms. The molecule has 0 heterocycles. The maximum Gasteiger partial charge on any atom is 0.328 e. The molecule has 1 rings (SSSR count). The molecule has 5 heteroatoms. The van der Waals surface area contributed by atoms with E-state index in [4.69, 9.17) is 9.84 Å². The van der Waals surface area contributed by atoms with Gasteiger partial charge >= 0.3 is 5.97 Å². The van der Waals surface area contributed by atoms with Crippen LogP contribution in [0.3, 0.4) is 0 Å². The predicted octanol–water partition coefficient (Wildman–Crippen LogP) is 4.49. The minimum atomic E-state index is -0.967. The lowest BCUT2D eigenvalue weighted by atomic mass is 10.2. The summed E-state index contributed by atoms with van der Waals surface area (Å²) in [5.41, 5.74) is 0.791. The summed E-state index contributed by atoms with van der Waals surface area (Å²) >= 11 is 6.84. The van der Waals surface area contributed by atoms with Gasteiger partial charge in [-0.3, -0.25) is 0 Å². The molecular weight excluding hydrogens is 364 g/mol. The highest BCUT2D eigenvalue weighted by Gasteiger charge is 2.08. The number of hydrogen-bond donors (Lipinski definition) is 1. The molecule has 1 aromatic carbocycles. The van der Waals surface area contributed by atoms with Gasteiger partial charge in [0.05, 0.1) is 15.6 Å². The Labute approximate surface area is 123 Å². The Kier molecular flexibility index (Phi) is 6.43. The fourth-order valence-electron chi connectivity index (χ4n) is 1.30. The average molecular weight is 378 g/mol. The summed E-state index contributed by atoms with van der Waals surface area (Å²) in [4.78, 5) is 10.4. The molecule has 3 nitrogen and oxygen atoms in total. The zero-order chi connectivity index (χ0) is 13.5. The summed E-state index contributed by atoms with van der Waals surface area (Å²) in [5, 5.41) is 8.58. The van der Waals surface area contributed by atoms with E-state index in [0.29, 0.717) is 6.61 Å². The van der Waals surface area contributed by atoms with Gasteiger partial charge in [-0.25, -0.2) is 4.79 Å². The molecule has 0 aliphatic carbocycles. The van der Waals surface area contributed by atoms with Gasteiger partial charge in [0.1, 0.15) is 5.75 Å². The number of unbranched alkanes of at least 4 members (excludes halogenated alkanes) is 1. The van der Waals surface area contributed by atoms with Crippen LogP contribution in [0.5, 0.6) is 5.75 Å². The van der Waals surface area contributed by atoms with E-state index in [-0.39, 0.29) is 0 Å². The third kappa shape index (κ3) is 4.82. The Morgan fingerprint density at radius 2 is 2.00 bits per heavy atom. The lowest BCUT2D eigenvalue weighted by molar-refractivity contribution is -0.131. The first-order valence-corrected chi connectivity index (χ1v) is 7.16. The van der Waals surface area contributed by atoms with E-state index in [0.717, 1.165) is 39.2 Å². The van der Waals surface area contributed by atoms with Crippen LogP contribution < -0.4 is 4.74 Å². The van der Waals surface area contributed by atoms with Crippen molar-refractivity contribution in [1.82, 2.24) is 0 Å². The van der Waals surface area contributed by atoms with Gasteiger partial charge in [-0.2, -0.15) is 0 Å². The van der Waals surface area contributed by atoms with Gasteiger partial charge in [0.2, 0.25) is 0 Å². The maximum atomic E-state index is 10.4. The first-order chi connectivity index (χ1) is 8.54. The monoisotopic (exact) mass is 376 g/mol. The van der Waals surface area contributed by atoms with E-state index < -0.39 is 5.97 Å². The van der Waals surface area contributed by atoms with Crippen molar-refractivity contribution in [3.05, 3.63) is 32.7 Å². The Morgan fingerprint density at radius 1 is 1.39 bits per heavy atom. The van der Waals surface area contributed by atoms with Crippen LogP contribution >= 0.6 is 31.9 Å². The van der Waals surface area contributed by atoms with Crippen molar-refractivity contribution in [3.63, 3.8) is 0 Å². The first-order valence-electron chi connectivity index (χ1n) is 5.57. The minimum absolute atomic E-state index is 0.665. The topological polar surface area (TPSA) is 46.5 Å². The van der Waals surface area contributed by atoms with Gasteiger partial charge < -0.3 is 9.84 Å². The molecule has 0 aromatic heterocycles. The average Bonchev–Trinajstić information content (AvgIpc) is 2.30. The van der Waals surface area contributed by atoms with E-state index in [9.17, 15) is 4.79 Å². The fourth-order valence-corrected chi connectivity index (χ4v) is 2.75. The van der Waals surface area contributed by atoms with Crippen molar-refractivity contribution in [1.29, 1.82) is 0 Å². The molecule has 0 aliphatic rings. The summed E-state index contributed by atoms with van der Waals surface area (Å²) in [6, 6.07) is 3.65. The highest BCUT2D eigenvalue weighted by molar-refractivity contribution is 9.11. The largest absolute Gasteiger partial charge is 0.491 e. The number of rotatable bonds is 6. The molecule has 0 radical (unpaired) electrons. The molecule has 0 spiro atoms. The van der Waals surface area contributed by atoms with Crippen LogP contribution in [0.25, 0.3) is 6.08 Å². The van der Waals surface area contributed by atoms with Crippen LogP contribution in [0, 0.1) is 0 Å². The van der Waals surface area contributed by atoms with E-state index in [2.05, 4.69) is 38.8 Å². The molecular formula is C13H14Br2O3. The van der Waals surface area contributed by atoms with Gasteiger partial charge in [0.25, 0.3) is 0 Å². The Bertz CT molecular complexity index is 433. The van der Waals surface area contributed by atoms with Crippen molar-refractivity contribution < 1.29 is 14.6 Å². The number of carboxylic acid groups (broad SMARTS) is 1. The molecule has 0 saturated carbocycles. The summed E-state index contributed by atoms with van der Waals surface area (Å²) in [6.07, 6.45) is 4.72. The molecule has 0 amide bonds. The normalized spacial score (nSPS) is 10.8. The third-order valence-corrected chi connectivity index (χ3v) is 3.36. The van der Waals surface area contributed by atoms with E-state index in [1.54, 1.807) is 0 Å². The van der Waals surface area contributed by atoms with E-state index in [1.165, 1.54) is 6.08 Å². The van der Waals surface area contributed by atoms with Gasteiger partial charge in [-0.15, -0.1) is 0 Å². The van der Waals surface area contributed by atoms with Crippen LogP contribution in [0.1, 0.15) is 25.3 Å². The van der Waals surface area contributed by atoms with Crippen LogP contribution in [0.2, 0.25) is 0 Å². The number of aliphatic carboxylic acids is 1. The van der Waals surface area contributed by atoms with Crippen LogP contribution in [-0.4, -0.2) is 17.7 Å². The molecule has 0 unspecified atom stereocenters. The van der Waals surface area contributed by atoms with Gasteiger partial charge in [-0.1, -0.05) is 13.3 Å². The van der Waals surface area contributed by atoms with Crippen molar-refractivity contribution in [2.24, 2.45) is 0 Å². The summed E-state index contributed by atoms with van der Waals surface area (Å²) in [6.45, 7) is 2.77. The van der Waals surface area contributed by atoms with Crippen LogP contribution in [-0.2, 0) is 4.79 Å². The number of carboxylic acids is 1. The van der Waals surface area contributed by atoms with Crippen molar-refractivity contribution >= 4 is 43.9 Å². The first kappa shape index (κ1) is 15.2. The number of benzene rings is 1. The van der Waals surface area contributed by atoms with Crippen molar-refractivity contribution in [3.8, 4) is 5.75 Å². The Morgan fingerprint density at radius 3 is 2.50 bits per heavy atom. The van der Waals surface area contributed by atoms with Gasteiger partial charge in [-0.05, 0) is 62.1 Å². The molecule has 0 aliphatic heterocycles. The lowest BCUT2D eigenvalue weighted by Gasteiger charge is -2.10. The number of ether oxygens (including phenoxy) is 1. The minimum Gasteiger partial charge on any atom is -0.491 e. The van der Waals surface area contributed by atoms with Gasteiger partial charge in [0.15, 0.2) is 0 Å². The second-order valence-corrected chi connectivity index (χ2v) is 5.40. The smallest absolute Gasteiger partial charge is 0.328 e. The Balaban J connectivity index is 2.87. The molecule has 0 fully saturated rings. The molecule has 0 saturated heterocycles. The number of carbonyl (C=O) groups is 1. The molecule has 0 atom stereocenters. The standard InChI is InChI=1S/C13H14Br2O3/c1-2-3-6-18-13-10(14)7-9(8-11(13)15)4-5-12(16)17/h4-5,7-8H,2-3,6H2,1H3,(H,16,17)/b5-4+. The number of halogens is 2. The third-order valence-electron chi connectivity index (χ3n) is 2.18. The maximum absolute atomic E-state index is 10.4. The van der Waals surface area contributed by atoms with Gasteiger partial charge in [0, 0.05) is 6.08 Å². The van der Waals surface area contributed by atoms with Crippen LogP contribution in [0.4, 0.5) is 0 Å². The summed E-state index contributed by atoms with van der Waals surface area (Å²) in [5.74, 6) is -0.221. The quantitative estimate of drug-likeness (QED) is 0.586. The SMILES string of the molecule is CCCCOc1c(Br)cc(/C=C/C(=O)O)cc1Br. The van der Waals surface area contributed by atoms with Crippen molar-refractivity contribution in [2.45, 2.75) is 19.8 Å². The lowest BCUT2D eigenvalue weighted by Crippen LogP contribution is -1.98. The molecule has 1 N–H and O–H groups in total. The molecule has 98 valence electrons. The predicted molar refractivity (Wildman–Crippen MR) is 78.9 cm³/mol. The fraction of sp³-hybridized carbons (Fsp3) is 0.308.